The highest BCUT2D eigenvalue weighted by atomic mass is 35.5. The molecule has 1 heterocycles. The number of hydrogen-bond acceptors (Lipinski definition) is 4. The lowest BCUT2D eigenvalue weighted by Gasteiger charge is -2.14. The van der Waals surface area contributed by atoms with E-state index in [4.69, 9.17) is 17.3 Å². The number of nitrogens with zero attached hydrogens (tertiary/aromatic N) is 1. The summed E-state index contributed by atoms with van der Waals surface area (Å²) in [7, 11) is -3.80. The lowest BCUT2D eigenvalue weighted by molar-refractivity contribution is 0.566. The van der Waals surface area contributed by atoms with Gasteiger partial charge in [-0.15, -0.1) is 0 Å². The van der Waals surface area contributed by atoms with Crippen LogP contribution in [0.4, 0.5) is 10.2 Å². The smallest absolute Gasteiger partial charge is 0.242 e. The standard InChI is InChI=1S/C13H13ClFN3O2S/c1-8(9-2-4-10(15)5-3-9)18-21(19,20)11-6-12(14)13(16)17-7-11/h2-8,18H,1H3,(H2,16,17). The molecule has 0 aliphatic rings. The molecule has 0 fully saturated rings. The molecule has 0 amide bonds. The van der Waals surface area contributed by atoms with Gasteiger partial charge in [0, 0.05) is 12.2 Å². The molecule has 5 nitrogen and oxygen atoms in total. The molecule has 0 saturated carbocycles. The van der Waals surface area contributed by atoms with Gasteiger partial charge in [0.1, 0.15) is 16.5 Å². The van der Waals surface area contributed by atoms with Crippen LogP contribution in [-0.2, 0) is 10.0 Å². The van der Waals surface area contributed by atoms with Gasteiger partial charge in [-0.05, 0) is 30.7 Å². The predicted molar refractivity (Wildman–Crippen MR) is 78.8 cm³/mol. The van der Waals surface area contributed by atoms with Crippen molar-refractivity contribution < 1.29 is 12.8 Å². The Labute approximate surface area is 127 Å². The van der Waals surface area contributed by atoms with E-state index in [0.717, 1.165) is 6.20 Å². The van der Waals surface area contributed by atoms with Crippen molar-refractivity contribution in [2.75, 3.05) is 5.73 Å². The van der Waals surface area contributed by atoms with Crippen LogP contribution in [0.1, 0.15) is 18.5 Å². The zero-order valence-corrected chi connectivity index (χ0v) is 12.6. The summed E-state index contributed by atoms with van der Waals surface area (Å²) in [5.41, 5.74) is 6.08. The zero-order chi connectivity index (χ0) is 15.6. The number of pyridine rings is 1. The van der Waals surface area contributed by atoms with E-state index >= 15 is 0 Å². The van der Waals surface area contributed by atoms with Gasteiger partial charge in [-0.1, -0.05) is 23.7 Å². The highest BCUT2D eigenvalue weighted by molar-refractivity contribution is 7.89. The molecular weight excluding hydrogens is 317 g/mol. The van der Waals surface area contributed by atoms with Crippen LogP contribution in [-0.4, -0.2) is 13.4 Å². The molecule has 3 N–H and O–H groups in total. The number of rotatable bonds is 4. The van der Waals surface area contributed by atoms with Crippen LogP contribution in [0.15, 0.2) is 41.4 Å². The van der Waals surface area contributed by atoms with Crippen molar-refractivity contribution in [1.82, 2.24) is 9.71 Å². The van der Waals surface area contributed by atoms with E-state index in [9.17, 15) is 12.8 Å². The van der Waals surface area contributed by atoms with E-state index < -0.39 is 16.1 Å². The number of halogens is 2. The van der Waals surface area contributed by atoms with E-state index in [0.29, 0.717) is 5.56 Å². The highest BCUT2D eigenvalue weighted by Crippen LogP contribution is 2.22. The summed E-state index contributed by atoms with van der Waals surface area (Å²) in [5, 5.41) is 0.0623. The van der Waals surface area contributed by atoms with Crippen LogP contribution in [0.3, 0.4) is 0 Å². The van der Waals surface area contributed by atoms with Crippen molar-refractivity contribution in [3.8, 4) is 0 Å². The number of nitrogens with one attached hydrogen (secondary N) is 1. The third kappa shape index (κ3) is 3.69. The van der Waals surface area contributed by atoms with Crippen molar-refractivity contribution in [3.63, 3.8) is 0 Å². The van der Waals surface area contributed by atoms with Gasteiger partial charge in [0.15, 0.2) is 0 Å². The molecule has 21 heavy (non-hydrogen) atoms. The Kier molecular flexibility index (Phi) is 4.46. The zero-order valence-electron chi connectivity index (χ0n) is 11.0. The third-order valence-corrected chi connectivity index (χ3v) is 4.67. The summed E-state index contributed by atoms with van der Waals surface area (Å²) < 4.78 is 39.8. The molecule has 0 bridgehead atoms. The second-order valence-electron chi connectivity index (χ2n) is 4.43. The maximum absolute atomic E-state index is 12.9. The van der Waals surface area contributed by atoms with Gasteiger partial charge in [0.05, 0.1) is 5.02 Å². The van der Waals surface area contributed by atoms with Crippen molar-refractivity contribution >= 4 is 27.4 Å². The van der Waals surface area contributed by atoms with E-state index in [1.807, 2.05) is 0 Å². The molecule has 1 aromatic heterocycles. The summed E-state index contributed by atoms with van der Waals surface area (Å²) in [4.78, 5) is 3.63. The SMILES string of the molecule is CC(NS(=O)(=O)c1cnc(N)c(Cl)c1)c1ccc(F)cc1. The van der Waals surface area contributed by atoms with Crippen molar-refractivity contribution in [2.45, 2.75) is 17.9 Å². The number of sulfonamides is 1. The largest absolute Gasteiger partial charge is 0.382 e. The summed E-state index contributed by atoms with van der Waals surface area (Å²) in [6, 6.07) is 6.24. The van der Waals surface area contributed by atoms with Gasteiger partial charge < -0.3 is 5.73 Å². The maximum atomic E-state index is 12.9. The Balaban J connectivity index is 2.24. The Morgan fingerprint density at radius 2 is 1.95 bits per heavy atom. The number of anilines is 1. The lowest BCUT2D eigenvalue weighted by atomic mass is 10.1. The first kappa shape index (κ1) is 15.7. The molecule has 2 aromatic rings. The molecule has 1 aromatic carbocycles. The molecule has 112 valence electrons. The van der Waals surface area contributed by atoms with Crippen LogP contribution < -0.4 is 10.5 Å². The van der Waals surface area contributed by atoms with E-state index in [2.05, 4.69) is 9.71 Å². The number of benzene rings is 1. The number of hydrogen-bond donors (Lipinski definition) is 2. The molecule has 0 spiro atoms. The fraction of sp³-hybridized carbons (Fsp3) is 0.154. The number of nitrogens with two attached hydrogens (primary N) is 1. The van der Waals surface area contributed by atoms with Gasteiger partial charge in [-0.2, -0.15) is 0 Å². The second kappa shape index (κ2) is 5.97. The Hall–Kier alpha value is -1.70. The Morgan fingerprint density at radius 3 is 2.52 bits per heavy atom. The monoisotopic (exact) mass is 329 g/mol. The fourth-order valence-corrected chi connectivity index (χ4v) is 3.13. The summed E-state index contributed by atoms with van der Waals surface area (Å²) in [6.45, 7) is 1.65. The molecule has 0 saturated heterocycles. The molecule has 8 heteroatoms. The first-order valence-electron chi connectivity index (χ1n) is 5.98. The lowest BCUT2D eigenvalue weighted by Crippen LogP contribution is -2.27. The van der Waals surface area contributed by atoms with Crippen molar-refractivity contribution in [2.24, 2.45) is 0 Å². The topological polar surface area (TPSA) is 85.1 Å². The van der Waals surface area contributed by atoms with Gasteiger partial charge in [0.2, 0.25) is 10.0 Å². The van der Waals surface area contributed by atoms with Crippen molar-refractivity contribution in [3.05, 3.63) is 52.9 Å². The summed E-state index contributed by atoms with van der Waals surface area (Å²) in [5.74, 6) is -0.328. The molecule has 1 unspecified atom stereocenters. The molecule has 0 aliphatic heterocycles. The van der Waals surface area contributed by atoms with Crippen LogP contribution in [0.2, 0.25) is 5.02 Å². The first-order chi connectivity index (χ1) is 9.79. The number of nitrogen functional groups attached to an aromatic ring is 1. The molecule has 1 atom stereocenters. The van der Waals surface area contributed by atoms with E-state index in [1.54, 1.807) is 6.92 Å². The van der Waals surface area contributed by atoms with E-state index in [1.165, 1.54) is 30.3 Å². The minimum atomic E-state index is -3.80. The second-order valence-corrected chi connectivity index (χ2v) is 6.55. The summed E-state index contributed by atoms with van der Waals surface area (Å²) in [6.07, 6.45) is 1.13. The fourth-order valence-electron chi connectivity index (χ4n) is 1.70. The highest BCUT2D eigenvalue weighted by Gasteiger charge is 2.19. The summed E-state index contributed by atoms with van der Waals surface area (Å²) >= 11 is 5.77. The minimum Gasteiger partial charge on any atom is -0.382 e. The van der Waals surface area contributed by atoms with Crippen LogP contribution in [0, 0.1) is 5.82 Å². The van der Waals surface area contributed by atoms with Crippen LogP contribution in [0.5, 0.6) is 0 Å². The van der Waals surface area contributed by atoms with Gasteiger partial charge in [0.25, 0.3) is 0 Å². The molecule has 2 rings (SSSR count). The average Bonchev–Trinajstić information content (AvgIpc) is 2.42. The van der Waals surface area contributed by atoms with Gasteiger partial charge >= 0.3 is 0 Å². The average molecular weight is 330 g/mol. The van der Waals surface area contributed by atoms with E-state index in [-0.39, 0.29) is 21.6 Å². The van der Waals surface area contributed by atoms with Crippen LogP contribution in [0.25, 0.3) is 0 Å². The third-order valence-electron chi connectivity index (χ3n) is 2.86. The van der Waals surface area contributed by atoms with Gasteiger partial charge in [-0.3, -0.25) is 0 Å². The van der Waals surface area contributed by atoms with Crippen molar-refractivity contribution in [1.29, 1.82) is 0 Å². The molecule has 0 aliphatic carbocycles. The first-order valence-corrected chi connectivity index (χ1v) is 7.84. The quantitative estimate of drug-likeness (QED) is 0.902. The Bertz CT molecular complexity index is 751. The molecular formula is C13H13ClFN3O2S. The van der Waals surface area contributed by atoms with Crippen LogP contribution >= 0.6 is 11.6 Å². The minimum absolute atomic E-state index is 0.0576. The van der Waals surface area contributed by atoms with Gasteiger partial charge in [-0.25, -0.2) is 22.5 Å². The number of aromatic nitrogens is 1. The molecule has 0 radical (unpaired) electrons. The normalized spacial score (nSPS) is 13.1. The maximum Gasteiger partial charge on any atom is 0.242 e. The Morgan fingerprint density at radius 1 is 1.33 bits per heavy atom. The predicted octanol–water partition coefficient (Wildman–Crippen LogP) is 2.50.